The molecule has 28 valence electrons. The minimum atomic E-state index is 0. The van der Waals surface area contributed by atoms with Gasteiger partial charge in [0, 0.05) is 64.5 Å². The van der Waals surface area contributed by atoms with E-state index in [4.69, 9.17) is 0 Å². The van der Waals surface area contributed by atoms with Gasteiger partial charge in [-0.2, -0.15) is 0 Å². The van der Waals surface area contributed by atoms with E-state index in [1.807, 2.05) is 0 Å². The first-order valence-corrected chi connectivity index (χ1v) is 8.49. The summed E-state index contributed by atoms with van der Waals surface area (Å²) in [6.07, 6.45) is 0. The summed E-state index contributed by atoms with van der Waals surface area (Å²) in [5, 5.41) is 0. The van der Waals surface area contributed by atoms with E-state index in [9.17, 15) is 0 Å². The van der Waals surface area contributed by atoms with E-state index in [0.717, 1.165) is 0 Å². The van der Waals surface area contributed by atoms with Crippen molar-refractivity contribution in [1.29, 1.82) is 0 Å². The Morgan fingerprint density at radius 1 is 1.60 bits per heavy atom. The largest absolute Gasteiger partial charge is 0.172 e. The van der Waals surface area contributed by atoms with E-state index in [2.05, 4.69) is 6.62 Å². The molecule has 5 heavy (non-hydrogen) atoms. The molecular formula is H6AlBFeNdSi. The van der Waals surface area contributed by atoms with Gasteiger partial charge >= 0.3 is 0 Å². The van der Waals surface area contributed by atoms with Gasteiger partial charge in [0.2, 0.25) is 0 Å². The molecule has 0 aromatic rings. The summed E-state index contributed by atoms with van der Waals surface area (Å²) in [4.78, 5) is 0. The van der Waals surface area contributed by atoms with Gasteiger partial charge in [-0.25, -0.2) is 0 Å². The minimum Gasteiger partial charge on any atom is -0.0550 e. The molecule has 5 heteroatoms. The Morgan fingerprint density at radius 3 is 1.60 bits per heavy atom. The average Bonchev–Trinajstić information content (AvgIpc) is 0.918. The van der Waals surface area contributed by atoms with Crippen molar-refractivity contribution in [2.75, 3.05) is 0 Å². The molecule has 0 amide bonds. The molecule has 0 atom stereocenters. The van der Waals surface area contributed by atoms with Crippen molar-refractivity contribution in [3.63, 3.8) is 0 Å². The molecule has 0 saturated carbocycles. The second-order valence-corrected chi connectivity index (χ2v) is 6.36. The van der Waals surface area contributed by atoms with E-state index >= 15 is 0 Å². The Morgan fingerprint density at radius 2 is 1.60 bits per heavy atom. The van der Waals surface area contributed by atoms with Crippen LogP contribution in [0.15, 0.2) is 0 Å². The van der Waals surface area contributed by atoms with E-state index in [1.165, 1.54) is 8.80 Å². The normalized spacial score (nSPS) is 3.20. The zero-order valence-electron chi connectivity index (χ0n) is 3.56. The Kier molecular flexibility index (Phi) is 49.8. The third-order valence-electron chi connectivity index (χ3n) is 0. The zero-order chi connectivity index (χ0) is 2.71. The van der Waals surface area contributed by atoms with Crippen molar-refractivity contribution in [3.05, 3.63) is 0 Å². The van der Waals surface area contributed by atoms with Gasteiger partial charge < -0.3 is 0 Å². The maximum atomic E-state index is 2.33. The molecule has 0 saturated heterocycles. The van der Waals surface area contributed by atoms with E-state index < -0.39 is 0 Å². The third kappa shape index (κ3) is 20.4. The molecule has 0 rings (SSSR count). The predicted molar refractivity (Wildman–Crippen MR) is 25.6 cm³/mol. The van der Waals surface area contributed by atoms with Crippen LogP contribution in [0.2, 0.25) is 0 Å². The summed E-state index contributed by atoms with van der Waals surface area (Å²) >= 11 is 0.556. The van der Waals surface area contributed by atoms with Crippen LogP contribution in [0.4, 0.5) is 0 Å². The third-order valence-corrected chi connectivity index (χ3v) is 0. The second kappa shape index (κ2) is 15.9. The van der Waals surface area contributed by atoms with Crippen molar-refractivity contribution in [1.82, 2.24) is 0 Å². The van der Waals surface area contributed by atoms with Crippen LogP contribution < -0.4 is 0 Å². The van der Waals surface area contributed by atoms with Crippen LogP contribution in [0.3, 0.4) is 0 Å². The molecule has 0 heterocycles. The van der Waals surface area contributed by atoms with Gasteiger partial charge in [-0.3, -0.25) is 0 Å². The van der Waals surface area contributed by atoms with Gasteiger partial charge in [-0.1, -0.05) is 8.80 Å². The fourth-order valence-electron chi connectivity index (χ4n) is 0. The molecule has 0 radical (unpaired) electrons. The zero-order valence-corrected chi connectivity index (χ0v) is 11.3. The van der Waals surface area contributed by atoms with Gasteiger partial charge in [0.05, 0.1) is 0 Å². The van der Waals surface area contributed by atoms with Crippen molar-refractivity contribution in [3.8, 4) is 0 Å². The van der Waals surface area contributed by atoms with Crippen LogP contribution in [-0.4, -0.2) is 29.8 Å². The van der Waals surface area contributed by atoms with Gasteiger partial charge in [0.25, 0.3) is 0 Å². The maximum Gasteiger partial charge on any atom is 0.172 e. The smallest absolute Gasteiger partial charge is 0.0550 e. The van der Waals surface area contributed by atoms with Crippen LogP contribution in [0.1, 0.15) is 0 Å². The fraction of sp³-hybridized carbons (Fsp3) is 0. The number of hydrogen-bond donors (Lipinski definition) is 0. The van der Waals surface area contributed by atoms with Crippen LogP contribution >= 0.6 is 0 Å². The summed E-state index contributed by atoms with van der Waals surface area (Å²) < 4.78 is 0. The molecule has 0 nitrogen and oxygen atoms in total. The Bertz CT molecular complexity index is 11.6. The summed E-state index contributed by atoms with van der Waals surface area (Å²) in [6.45, 7) is 2.33. The topological polar surface area (TPSA) is 0 Å². The minimum absolute atomic E-state index is 0. The molecule has 0 unspecified atom stereocenters. The first-order valence-electron chi connectivity index (χ1n) is 1.41. The van der Waals surface area contributed by atoms with Crippen LogP contribution in [0, 0.1) is 40.8 Å². The summed E-state index contributed by atoms with van der Waals surface area (Å²) in [5.74, 6) is 0. The Balaban J connectivity index is -0.0000000200. The fourth-order valence-corrected chi connectivity index (χ4v) is 0. The van der Waals surface area contributed by atoms with Gasteiger partial charge in [0.1, 0.15) is 0 Å². The van der Waals surface area contributed by atoms with Gasteiger partial charge in [-0.05, 0) is 0 Å². The molecule has 0 spiro atoms. The van der Waals surface area contributed by atoms with Crippen molar-refractivity contribution in [2.45, 2.75) is 0 Å². The molecule has 0 aliphatic carbocycles. The molecular weight excluding hydrogens is 266 g/mol. The summed E-state index contributed by atoms with van der Waals surface area (Å²) in [7, 11) is 1.51. The SMILES string of the molecule is [BH2][AlH][SiH3].[Fe].[Nd]. The predicted octanol–water partition coefficient (Wildman–Crippen LogP) is -2.75. The van der Waals surface area contributed by atoms with Crippen molar-refractivity contribution in [2.24, 2.45) is 0 Å². The second-order valence-electron chi connectivity index (χ2n) is 0.707. The monoisotopic (exact) mass is 270 g/mol. The Hall–Kier alpha value is 2.68. The van der Waals surface area contributed by atoms with E-state index in [-0.39, 0.29) is 57.9 Å². The summed E-state index contributed by atoms with van der Waals surface area (Å²) in [6, 6.07) is 0. The van der Waals surface area contributed by atoms with Crippen LogP contribution in [0.5, 0.6) is 0 Å². The molecule has 0 bridgehead atoms. The van der Waals surface area contributed by atoms with Crippen LogP contribution in [-0.2, 0) is 17.1 Å². The number of rotatable bonds is 0. The molecule has 0 aliphatic heterocycles. The average molecular weight is 272 g/mol. The maximum absolute atomic E-state index is 2.33. The van der Waals surface area contributed by atoms with E-state index in [1.54, 1.807) is 0 Å². The molecule has 0 fully saturated rings. The molecule has 0 N–H and O–H groups in total. The standard InChI is InChI=1S/Al.BH2.Fe.Nd.H3Si.H/h;1H2;;;1H3;/q-1;+1;;;;. The van der Waals surface area contributed by atoms with Crippen molar-refractivity contribution < 1.29 is 57.9 Å². The molecule has 0 aliphatic rings. The Labute approximate surface area is 86.0 Å². The molecule has 0 aromatic carbocycles. The first-order chi connectivity index (χ1) is 1.41. The van der Waals surface area contributed by atoms with Gasteiger partial charge in [0.15, 0.2) is 14.4 Å². The summed E-state index contributed by atoms with van der Waals surface area (Å²) in [5.41, 5.74) is 0. The quantitative estimate of drug-likeness (QED) is 0.419. The van der Waals surface area contributed by atoms with Crippen LogP contribution in [0.25, 0.3) is 0 Å². The number of hydrogen-bond acceptors (Lipinski definition) is 0. The van der Waals surface area contributed by atoms with Crippen molar-refractivity contribution >= 4 is 29.8 Å². The first kappa shape index (κ1) is 15.6. The van der Waals surface area contributed by atoms with E-state index in [0.29, 0.717) is 14.4 Å². The van der Waals surface area contributed by atoms with Gasteiger partial charge in [-0.15, -0.1) is 0 Å². The molecule has 0 aromatic heterocycles.